The molecule has 1 atom stereocenters. The number of hydrogen-bond acceptors (Lipinski definition) is 6. The summed E-state index contributed by atoms with van der Waals surface area (Å²) in [5.74, 6) is -0.869. The molecule has 0 N–H and O–H groups in total. The summed E-state index contributed by atoms with van der Waals surface area (Å²) in [6.07, 6.45) is 83.8. The minimum absolute atomic E-state index is 0.0729. The van der Waals surface area contributed by atoms with Crippen LogP contribution in [0.5, 0.6) is 0 Å². The molecule has 0 aromatic carbocycles. The van der Waals surface area contributed by atoms with Gasteiger partial charge in [-0.2, -0.15) is 0 Å². The molecule has 76 heavy (non-hydrogen) atoms. The van der Waals surface area contributed by atoms with Gasteiger partial charge in [0.15, 0.2) is 6.10 Å². The van der Waals surface area contributed by atoms with Gasteiger partial charge in [0.2, 0.25) is 0 Å². The first-order chi connectivity index (χ1) is 37.5. The molecular weight excluding hydrogens is 937 g/mol. The van der Waals surface area contributed by atoms with Crippen LogP contribution in [0.1, 0.15) is 335 Å². The molecule has 6 nitrogen and oxygen atoms in total. The minimum Gasteiger partial charge on any atom is -0.462 e. The van der Waals surface area contributed by atoms with E-state index >= 15 is 0 Å². The van der Waals surface area contributed by atoms with Crippen LogP contribution in [-0.4, -0.2) is 37.2 Å². The summed E-state index contributed by atoms with van der Waals surface area (Å²) in [7, 11) is 0. The Bertz CT molecular complexity index is 1400. The molecular formula is C70H124O6. The zero-order chi connectivity index (χ0) is 55.0. The van der Waals surface area contributed by atoms with Crippen LogP contribution in [0.25, 0.3) is 0 Å². The van der Waals surface area contributed by atoms with Gasteiger partial charge < -0.3 is 14.2 Å². The molecule has 0 aromatic heterocycles. The van der Waals surface area contributed by atoms with E-state index in [1.165, 1.54) is 205 Å². The van der Waals surface area contributed by atoms with E-state index in [1.54, 1.807) is 0 Å². The Morgan fingerprint density at radius 1 is 0.276 bits per heavy atom. The van der Waals surface area contributed by atoms with Gasteiger partial charge in [0.1, 0.15) is 13.2 Å². The molecule has 0 saturated heterocycles. The lowest BCUT2D eigenvalue weighted by molar-refractivity contribution is -0.167. The highest BCUT2D eigenvalue weighted by Crippen LogP contribution is 2.17. The first kappa shape index (κ1) is 72.8. The smallest absolute Gasteiger partial charge is 0.306 e. The van der Waals surface area contributed by atoms with Gasteiger partial charge in [-0.05, 0) is 89.9 Å². The summed E-state index contributed by atoms with van der Waals surface area (Å²) in [4.78, 5) is 38.0. The number of rotatable bonds is 60. The lowest BCUT2D eigenvalue weighted by atomic mass is 10.0. The van der Waals surface area contributed by atoms with Crippen molar-refractivity contribution in [2.45, 2.75) is 341 Å². The van der Waals surface area contributed by atoms with Crippen molar-refractivity contribution in [2.24, 2.45) is 0 Å². The standard InChI is InChI=1S/C70H124O6/c1-4-7-10-13-16-18-20-22-24-26-28-30-32-33-34-35-36-37-39-40-42-44-46-48-50-52-54-57-60-63-69(72)75-66-67(65-74-68(71)62-59-56-15-12-9-6-3)76-70(73)64-61-58-55-53-51-49-47-45-43-41-38-31-29-27-25-23-21-19-17-14-11-8-5-2/h7,10,16,18,22,24,27-30,33-34,67H,4-6,8-9,11-15,17,19-21,23,25-26,31-32,35-66H2,1-3H3/b10-7-,18-16-,24-22-,29-27-,30-28-,34-33-. The average Bonchev–Trinajstić information content (AvgIpc) is 3.42. The van der Waals surface area contributed by atoms with Crippen molar-refractivity contribution in [1.29, 1.82) is 0 Å². The number of carbonyl (C=O) groups is 3. The highest BCUT2D eigenvalue weighted by molar-refractivity contribution is 5.71. The fourth-order valence-corrected chi connectivity index (χ4v) is 9.53. The van der Waals surface area contributed by atoms with Gasteiger partial charge in [-0.1, -0.05) is 299 Å². The molecule has 0 aromatic rings. The lowest BCUT2D eigenvalue weighted by Gasteiger charge is -2.18. The summed E-state index contributed by atoms with van der Waals surface area (Å²) < 4.78 is 16.8. The molecule has 0 heterocycles. The van der Waals surface area contributed by atoms with E-state index < -0.39 is 6.10 Å². The van der Waals surface area contributed by atoms with Crippen molar-refractivity contribution < 1.29 is 28.6 Å². The fraction of sp³-hybridized carbons (Fsp3) is 0.786. The molecule has 0 bridgehead atoms. The normalized spacial score (nSPS) is 12.5. The molecule has 440 valence electrons. The van der Waals surface area contributed by atoms with E-state index in [1.807, 2.05) is 0 Å². The zero-order valence-corrected chi connectivity index (χ0v) is 50.5. The quantitative estimate of drug-likeness (QED) is 0.0261. The Hall–Kier alpha value is -3.15. The molecule has 6 heteroatoms. The first-order valence-corrected chi connectivity index (χ1v) is 32.9. The predicted octanol–water partition coefficient (Wildman–Crippen LogP) is 22.5. The van der Waals surface area contributed by atoms with Crippen molar-refractivity contribution in [3.63, 3.8) is 0 Å². The summed E-state index contributed by atoms with van der Waals surface area (Å²) in [5, 5.41) is 0. The van der Waals surface area contributed by atoms with Crippen molar-refractivity contribution in [3.8, 4) is 0 Å². The Kier molecular flexibility index (Phi) is 61.7. The second-order valence-corrected chi connectivity index (χ2v) is 22.0. The summed E-state index contributed by atoms with van der Waals surface area (Å²) in [6.45, 7) is 6.50. The van der Waals surface area contributed by atoms with Crippen LogP contribution in [-0.2, 0) is 28.6 Å². The van der Waals surface area contributed by atoms with Crippen LogP contribution in [0, 0.1) is 0 Å². The molecule has 0 amide bonds. The van der Waals surface area contributed by atoms with Gasteiger partial charge >= 0.3 is 17.9 Å². The Labute approximate surface area is 472 Å². The number of allylic oxidation sites excluding steroid dienone is 12. The van der Waals surface area contributed by atoms with Crippen LogP contribution in [0.15, 0.2) is 72.9 Å². The summed E-state index contributed by atoms with van der Waals surface area (Å²) in [6, 6.07) is 0. The van der Waals surface area contributed by atoms with E-state index in [-0.39, 0.29) is 31.1 Å². The zero-order valence-electron chi connectivity index (χ0n) is 50.5. The third-order valence-corrected chi connectivity index (χ3v) is 14.4. The lowest BCUT2D eigenvalue weighted by Crippen LogP contribution is -2.30. The minimum atomic E-state index is -0.772. The van der Waals surface area contributed by atoms with Gasteiger partial charge in [-0.15, -0.1) is 0 Å². The van der Waals surface area contributed by atoms with Crippen LogP contribution in [0.3, 0.4) is 0 Å². The van der Waals surface area contributed by atoms with Crippen LogP contribution >= 0.6 is 0 Å². The van der Waals surface area contributed by atoms with Crippen molar-refractivity contribution in [2.75, 3.05) is 13.2 Å². The van der Waals surface area contributed by atoms with Crippen molar-refractivity contribution in [3.05, 3.63) is 72.9 Å². The Morgan fingerprint density at radius 2 is 0.513 bits per heavy atom. The molecule has 0 saturated carbocycles. The van der Waals surface area contributed by atoms with Gasteiger partial charge in [0, 0.05) is 19.3 Å². The monoisotopic (exact) mass is 1060 g/mol. The maximum Gasteiger partial charge on any atom is 0.306 e. The number of esters is 3. The second kappa shape index (κ2) is 64.4. The SMILES string of the molecule is CC/C=C\C/C=C\C/C=C\C/C=C\C/C=C\CCCCCCCCCCCCCCCC(=O)OCC(COC(=O)CCCCCCCC)OC(=O)CCCCCCCCCCCCC/C=C\CCCCCCCCCC. The third-order valence-electron chi connectivity index (χ3n) is 14.4. The summed E-state index contributed by atoms with van der Waals surface area (Å²) in [5.41, 5.74) is 0. The van der Waals surface area contributed by atoms with Crippen LogP contribution < -0.4 is 0 Å². The number of unbranched alkanes of at least 4 members (excludes halogenated alkanes) is 37. The van der Waals surface area contributed by atoms with Gasteiger partial charge in [0.05, 0.1) is 0 Å². The van der Waals surface area contributed by atoms with E-state index in [9.17, 15) is 14.4 Å². The van der Waals surface area contributed by atoms with Crippen molar-refractivity contribution in [1.82, 2.24) is 0 Å². The largest absolute Gasteiger partial charge is 0.462 e. The van der Waals surface area contributed by atoms with Crippen LogP contribution in [0.2, 0.25) is 0 Å². The van der Waals surface area contributed by atoms with Gasteiger partial charge in [0.25, 0.3) is 0 Å². The fourth-order valence-electron chi connectivity index (χ4n) is 9.53. The molecule has 0 spiro atoms. The average molecular weight is 1060 g/mol. The molecule has 0 aliphatic heterocycles. The summed E-state index contributed by atoms with van der Waals surface area (Å²) >= 11 is 0. The maximum absolute atomic E-state index is 12.9. The van der Waals surface area contributed by atoms with E-state index in [2.05, 4.69) is 93.7 Å². The topological polar surface area (TPSA) is 78.9 Å². The maximum atomic E-state index is 12.9. The molecule has 0 aliphatic carbocycles. The Balaban J connectivity index is 4.05. The molecule has 0 radical (unpaired) electrons. The molecule has 1 unspecified atom stereocenters. The predicted molar refractivity (Wildman–Crippen MR) is 330 cm³/mol. The van der Waals surface area contributed by atoms with Gasteiger partial charge in [-0.3, -0.25) is 14.4 Å². The number of carbonyl (C=O) groups excluding carboxylic acids is 3. The highest BCUT2D eigenvalue weighted by atomic mass is 16.6. The molecule has 0 fully saturated rings. The van der Waals surface area contributed by atoms with Gasteiger partial charge in [-0.25, -0.2) is 0 Å². The molecule has 0 aliphatic rings. The second-order valence-electron chi connectivity index (χ2n) is 22.0. The first-order valence-electron chi connectivity index (χ1n) is 32.9. The van der Waals surface area contributed by atoms with E-state index in [0.717, 1.165) is 89.9 Å². The number of hydrogen-bond donors (Lipinski definition) is 0. The van der Waals surface area contributed by atoms with Crippen molar-refractivity contribution >= 4 is 17.9 Å². The molecule has 0 rings (SSSR count). The van der Waals surface area contributed by atoms with E-state index in [4.69, 9.17) is 14.2 Å². The van der Waals surface area contributed by atoms with Crippen LogP contribution in [0.4, 0.5) is 0 Å². The number of ether oxygens (including phenoxy) is 3. The third kappa shape index (κ3) is 61.7. The highest BCUT2D eigenvalue weighted by Gasteiger charge is 2.19. The van der Waals surface area contributed by atoms with E-state index in [0.29, 0.717) is 19.3 Å². The Morgan fingerprint density at radius 3 is 0.816 bits per heavy atom.